The molecule has 0 bridgehead atoms. The molecule has 2 heterocycles. The fourth-order valence-corrected chi connectivity index (χ4v) is 3.20. The normalized spacial score (nSPS) is 15.6. The summed E-state index contributed by atoms with van der Waals surface area (Å²) in [5.41, 5.74) is 1.60. The summed E-state index contributed by atoms with van der Waals surface area (Å²) >= 11 is 0. The Balaban J connectivity index is 1.51. The van der Waals surface area contributed by atoms with E-state index in [1.165, 1.54) is 18.4 Å². The third kappa shape index (κ3) is 4.21. The maximum atomic E-state index is 13.0. The van der Waals surface area contributed by atoms with E-state index in [1.807, 2.05) is 54.6 Å². The Morgan fingerprint density at radius 1 is 1.03 bits per heavy atom. The number of anilines is 1. The second-order valence-corrected chi connectivity index (χ2v) is 6.43. The van der Waals surface area contributed by atoms with Crippen LogP contribution in [0.3, 0.4) is 0 Å². The molecule has 6 heteroatoms. The van der Waals surface area contributed by atoms with Crippen LogP contribution in [0.1, 0.15) is 17.4 Å². The van der Waals surface area contributed by atoms with Crippen molar-refractivity contribution < 1.29 is 23.5 Å². The first-order valence-electron chi connectivity index (χ1n) is 9.19. The van der Waals surface area contributed by atoms with Crippen molar-refractivity contribution in [3.8, 4) is 5.75 Å². The number of para-hydroxylation sites is 2. The molecule has 1 aliphatic rings. The van der Waals surface area contributed by atoms with Gasteiger partial charge in [0.1, 0.15) is 18.1 Å². The summed E-state index contributed by atoms with van der Waals surface area (Å²) in [4.78, 5) is 26.6. The molecule has 0 saturated carbocycles. The number of amides is 1. The van der Waals surface area contributed by atoms with Crippen molar-refractivity contribution in [2.75, 3.05) is 18.1 Å². The highest BCUT2D eigenvalue weighted by Crippen LogP contribution is 2.39. The summed E-state index contributed by atoms with van der Waals surface area (Å²) in [6, 6.07) is 20.1. The molecule has 0 fully saturated rings. The molecule has 2 aromatic carbocycles. The van der Waals surface area contributed by atoms with Crippen LogP contribution in [-0.2, 0) is 14.3 Å². The molecule has 146 valence electrons. The van der Waals surface area contributed by atoms with Gasteiger partial charge < -0.3 is 13.9 Å². The minimum absolute atomic E-state index is 0.309. The van der Waals surface area contributed by atoms with Gasteiger partial charge in [-0.1, -0.05) is 42.5 Å². The van der Waals surface area contributed by atoms with Crippen LogP contribution in [0.4, 0.5) is 5.69 Å². The Bertz CT molecular complexity index is 1010. The minimum Gasteiger partial charge on any atom is -0.489 e. The average molecular weight is 389 g/mol. The lowest BCUT2D eigenvalue weighted by atomic mass is 10.0. The summed E-state index contributed by atoms with van der Waals surface area (Å²) < 4.78 is 16.1. The van der Waals surface area contributed by atoms with E-state index in [2.05, 4.69) is 0 Å². The lowest BCUT2D eigenvalue weighted by Gasteiger charge is -2.37. The number of hydrogen-bond donors (Lipinski definition) is 0. The number of hydrogen-bond acceptors (Lipinski definition) is 5. The summed E-state index contributed by atoms with van der Waals surface area (Å²) in [7, 11) is 0. The molecule has 0 N–H and O–H groups in total. The van der Waals surface area contributed by atoms with Crippen LogP contribution >= 0.6 is 0 Å². The molecule has 29 heavy (non-hydrogen) atoms. The van der Waals surface area contributed by atoms with E-state index in [1.54, 1.807) is 17.0 Å². The first kappa shape index (κ1) is 18.6. The summed E-state index contributed by atoms with van der Waals surface area (Å²) in [5.74, 6) is 0.207. The van der Waals surface area contributed by atoms with E-state index in [-0.39, 0.29) is 18.6 Å². The van der Waals surface area contributed by atoms with Gasteiger partial charge in [-0.2, -0.15) is 0 Å². The third-order valence-corrected chi connectivity index (χ3v) is 4.55. The van der Waals surface area contributed by atoms with E-state index in [0.29, 0.717) is 23.8 Å². The van der Waals surface area contributed by atoms with Gasteiger partial charge in [0.05, 0.1) is 18.0 Å². The van der Waals surface area contributed by atoms with Crippen molar-refractivity contribution in [3.05, 3.63) is 90.4 Å². The van der Waals surface area contributed by atoms with Crippen LogP contribution in [-0.4, -0.2) is 25.1 Å². The SMILES string of the molecule is O=C(/C=C\c1ccco1)OCC(=O)N1c2ccccc2OC[C@H]1c1ccccc1. The average Bonchev–Trinajstić information content (AvgIpc) is 3.29. The molecule has 0 aliphatic carbocycles. The van der Waals surface area contributed by atoms with Gasteiger partial charge in [-0.15, -0.1) is 0 Å². The van der Waals surface area contributed by atoms with Crippen LogP contribution in [0.2, 0.25) is 0 Å². The van der Waals surface area contributed by atoms with E-state index in [9.17, 15) is 9.59 Å². The standard InChI is InChI=1S/C23H19NO5/c25-22(16-29-23(26)13-12-18-9-6-14-27-18)24-19-10-4-5-11-21(19)28-15-20(24)17-7-2-1-3-8-17/h1-14,20H,15-16H2/b13-12-/t20-/m0/s1. The van der Waals surface area contributed by atoms with Crippen molar-refractivity contribution in [2.24, 2.45) is 0 Å². The molecule has 3 aromatic rings. The van der Waals surface area contributed by atoms with Gasteiger partial charge >= 0.3 is 5.97 Å². The molecule has 0 radical (unpaired) electrons. The van der Waals surface area contributed by atoms with E-state index in [0.717, 1.165) is 5.56 Å². The zero-order chi connectivity index (χ0) is 20.1. The number of fused-ring (bicyclic) bond motifs is 1. The van der Waals surface area contributed by atoms with Gasteiger partial charge in [-0.05, 0) is 35.9 Å². The van der Waals surface area contributed by atoms with Gasteiger partial charge in [0.25, 0.3) is 5.91 Å². The fraction of sp³-hybridized carbons (Fsp3) is 0.130. The second kappa shape index (κ2) is 8.48. The van der Waals surface area contributed by atoms with Crippen LogP contribution in [0, 0.1) is 0 Å². The summed E-state index contributed by atoms with van der Waals surface area (Å²) in [6.45, 7) is -0.0574. The van der Waals surface area contributed by atoms with Crippen LogP contribution in [0.5, 0.6) is 5.75 Å². The van der Waals surface area contributed by atoms with Crippen LogP contribution in [0.25, 0.3) is 6.08 Å². The van der Waals surface area contributed by atoms with Gasteiger partial charge in [0.15, 0.2) is 6.61 Å². The van der Waals surface area contributed by atoms with E-state index in [4.69, 9.17) is 13.9 Å². The number of furan rings is 1. The van der Waals surface area contributed by atoms with E-state index >= 15 is 0 Å². The van der Waals surface area contributed by atoms with Crippen molar-refractivity contribution in [1.29, 1.82) is 0 Å². The quantitative estimate of drug-likeness (QED) is 0.487. The second-order valence-electron chi connectivity index (χ2n) is 6.43. The highest BCUT2D eigenvalue weighted by atomic mass is 16.5. The fourth-order valence-electron chi connectivity index (χ4n) is 3.20. The number of esters is 1. The number of carbonyl (C=O) groups excluding carboxylic acids is 2. The Kier molecular flexibility index (Phi) is 5.42. The molecular weight excluding hydrogens is 370 g/mol. The zero-order valence-corrected chi connectivity index (χ0v) is 15.6. The van der Waals surface area contributed by atoms with Gasteiger partial charge in [0, 0.05) is 6.08 Å². The van der Waals surface area contributed by atoms with Gasteiger partial charge in [-0.3, -0.25) is 9.69 Å². The highest BCUT2D eigenvalue weighted by molar-refractivity contribution is 5.98. The van der Waals surface area contributed by atoms with Crippen molar-refractivity contribution in [3.63, 3.8) is 0 Å². The third-order valence-electron chi connectivity index (χ3n) is 4.55. The van der Waals surface area contributed by atoms with Crippen LogP contribution in [0.15, 0.2) is 83.5 Å². The van der Waals surface area contributed by atoms with E-state index < -0.39 is 5.97 Å². The first-order chi connectivity index (χ1) is 14.2. The molecule has 1 amide bonds. The van der Waals surface area contributed by atoms with Crippen molar-refractivity contribution in [1.82, 2.24) is 0 Å². The Hall–Kier alpha value is -3.80. The zero-order valence-electron chi connectivity index (χ0n) is 15.6. The molecular formula is C23H19NO5. The lowest BCUT2D eigenvalue weighted by Crippen LogP contribution is -2.43. The lowest BCUT2D eigenvalue weighted by molar-refractivity contribution is -0.143. The number of carbonyl (C=O) groups is 2. The monoisotopic (exact) mass is 389 g/mol. The van der Waals surface area contributed by atoms with Crippen molar-refractivity contribution in [2.45, 2.75) is 6.04 Å². The van der Waals surface area contributed by atoms with Crippen molar-refractivity contribution >= 4 is 23.6 Å². The molecule has 1 atom stereocenters. The van der Waals surface area contributed by atoms with Gasteiger partial charge in [0.2, 0.25) is 0 Å². The Morgan fingerprint density at radius 3 is 2.62 bits per heavy atom. The number of benzene rings is 2. The highest BCUT2D eigenvalue weighted by Gasteiger charge is 2.33. The molecule has 0 unspecified atom stereocenters. The molecule has 1 aliphatic heterocycles. The summed E-state index contributed by atoms with van der Waals surface area (Å²) in [6.07, 6.45) is 4.23. The predicted molar refractivity (Wildman–Crippen MR) is 107 cm³/mol. The van der Waals surface area contributed by atoms with Gasteiger partial charge in [-0.25, -0.2) is 4.79 Å². The largest absolute Gasteiger partial charge is 0.489 e. The maximum Gasteiger partial charge on any atom is 0.331 e. The summed E-state index contributed by atoms with van der Waals surface area (Å²) in [5, 5.41) is 0. The number of ether oxygens (including phenoxy) is 2. The maximum absolute atomic E-state index is 13.0. The molecule has 0 spiro atoms. The first-order valence-corrected chi connectivity index (χ1v) is 9.19. The Morgan fingerprint density at radius 2 is 1.83 bits per heavy atom. The number of rotatable bonds is 5. The molecule has 1 aromatic heterocycles. The predicted octanol–water partition coefficient (Wildman–Crippen LogP) is 4.00. The molecule has 4 rings (SSSR count). The smallest absolute Gasteiger partial charge is 0.331 e. The van der Waals surface area contributed by atoms with Crippen LogP contribution < -0.4 is 9.64 Å². The minimum atomic E-state index is -0.618. The number of nitrogens with zero attached hydrogens (tertiary/aromatic N) is 1. The topological polar surface area (TPSA) is 69.0 Å². The molecule has 6 nitrogen and oxygen atoms in total. The molecule has 0 saturated heterocycles. The Labute approximate surface area is 168 Å².